The first-order valence-corrected chi connectivity index (χ1v) is 4.84. The lowest BCUT2D eigenvalue weighted by Crippen LogP contribution is -2.10. The second-order valence-corrected chi connectivity index (χ2v) is 3.72. The van der Waals surface area contributed by atoms with Gasteiger partial charge in [-0.2, -0.15) is 0 Å². The normalized spacial score (nSPS) is 16.8. The third kappa shape index (κ3) is 5.58. The molecule has 0 aromatic rings. The van der Waals surface area contributed by atoms with E-state index in [1.165, 1.54) is 6.92 Å². The van der Waals surface area contributed by atoms with E-state index in [0.29, 0.717) is 11.5 Å². The van der Waals surface area contributed by atoms with E-state index in [0.717, 1.165) is 12.8 Å². The van der Waals surface area contributed by atoms with Crippen molar-refractivity contribution in [1.82, 2.24) is 0 Å². The van der Waals surface area contributed by atoms with Crippen LogP contribution in [-0.2, 0) is 4.79 Å². The van der Waals surface area contributed by atoms with Crippen molar-refractivity contribution < 1.29 is 9.90 Å². The Labute approximate surface area is 80.7 Å². The number of ketones is 1. The Morgan fingerprint density at radius 1 is 1.46 bits per heavy atom. The van der Waals surface area contributed by atoms with Gasteiger partial charge in [0.05, 0.1) is 6.10 Å². The van der Waals surface area contributed by atoms with Crippen molar-refractivity contribution in [3.8, 4) is 0 Å². The molecule has 2 heteroatoms. The summed E-state index contributed by atoms with van der Waals surface area (Å²) in [6, 6.07) is 0. The van der Waals surface area contributed by atoms with Crippen LogP contribution in [0.4, 0.5) is 0 Å². The van der Waals surface area contributed by atoms with E-state index in [9.17, 15) is 9.90 Å². The molecule has 0 heterocycles. The minimum absolute atomic E-state index is 0.0307. The van der Waals surface area contributed by atoms with Crippen molar-refractivity contribution in [3.63, 3.8) is 0 Å². The lowest BCUT2D eigenvalue weighted by Gasteiger charge is -2.11. The molecule has 1 N–H and O–H groups in total. The van der Waals surface area contributed by atoms with Crippen LogP contribution < -0.4 is 0 Å². The van der Waals surface area contributed by atoms with E-state index >= 15 is 0 Å². The molecule has 0 aromatic carbocycles. The maximum absolute atomic E-state index is 10.9. The molecule has 2 atom stereocenters. The molecule has 0 fully saturated rings. The second kappa shape index (κ2) is 5.92. The summed E-state index contributed by atoms with van der Waals surface area (Å²) >= 11 is 0. The molecule has 0 aliphatic rings. The Morgan fingerprint density at radius 2 is 2.00 bits per heavy atom. The quantitative estimate of drug-likeness (QED) is 0.666. The first kappa shape index (κ1) is 12.4. The number of rotatable bonds is 5. The Balaban J connectivity index is 4.06. The fourth-order valence-electron chi connectivity index (χ4n) is 1.05. The molecule has 0 spiro atoms. The molecule has 2 unspecified atom stereocenters. The van der Waals surface area contributed by atoms with E-state index in [2.05, 4.69) is 13.8 Å². The number of allylic oxidation sites excluding steroid dienone is 1. The highest BCUT2D eigenvalue weighted by atomic mass is 16.3. The average molecular weight is 184 g/mol. The van der Waals surface area contributed by atoms with Crippen LogP contribution in [0.5, 0.6) is 0 Å². The molecule has 0 saturated carbocycles. The summed E-state index contributed by atoms with van der Waals surface area (Å²) < 4.78 is 0. The standard InChI is InChI=1S/C11H20O2/c1-5-8(2)6-11(13)7-9(3)10(4)12/h7-8,11,13H,5-6H2,1-4H3. The topological polar surface area (TPSA) is 37.3 Å². The molecule has 0 radical (unpaired) electrons. The molecule has 0 aromatic heterocycles. The van der Waals surface area contributed by atoms with Crippen LogP contribution >= 0.6 is 0 Å². The number of carbonyl (C=O) groups is 1. The Morgan fingerprint density at radius 3 is 2.38 bits per heavy atom. The monoisotopic (exact) mass is 184 g/mol. The average Bonchev–Trinajstić information content (AvgIpc) is 2.03. The van der Waals surface area contributed by atoms with Crippen molar-refractivity contribution in [2.75, 3.05) is 0 Å². The van der Waals surface area contributed by atoms with Crippen LogP contribution in [0.2, 0.25) is 0 Å². The predicted octanol–water partition coefficient (Wildman–Crippen LogP) is 2.32. The second-order valence-electron chi connectivity index (χ2n) is 3.72. The van der Waals surface area contributed by atoms with Crippen LogP contribution in [0.3, 0.4) is 0 Å². The van der Waals surface area contributed by atoms with Gasteiger partial charge in [0.1, 0.15) is 0 Å². The van der Waals surface area contributed by atoms with Crippen molar-refractivity contribution in [1.29, 1.82) is 0 Å². The summed E-state index contributed by atoms with van der Waals surface area (Å²) in [5.74, 6) is 0.536. The summed E-state index contributed by atoms with van der Waals surface area (Å²) in [6.45, 7) is 7.45. The Hall–Kier alpha value is -0.630. The van der Waals surface area contributed by atoms with Crippen molar-refractivity contribution in [2.45, 2.75) is 46.6 Å². The summed E-state index contributed by atoms with van der Waals surface area (Å²) in [5.41, 5.74) is 0.649. The largest absolute Gasteiger partial charge is 0.389 e. The zero-order valence-corrected chi connectivity index (χ0v) is 9.00. The van der Waals surface area contributed by atoms with Gasteiger partial charge in [0, 0.05) is 0 Å². The third-order valence-corrected chi connectivity index (χ3v) is 2.34. The van der Waals surface area contributed by atoms with Gasteiger partial charge in [-0.15, -0.1) is 0 Å². The van der Waals surface area contributed by atoms with Gasteiger partial charge in [0.15, 0.2) is 5.78 Å². The van der Waals surface area contributed by atoms with Crippen LogP contribution in [0.1, 0.15) is 40.5 Å². The number of aliphatic hydroxyl groups excluding tert-OH is 1. The summed E-state index contributed by atoms with van der Waals surface area (Å²) in [7, 11) is 0. The smallest absolute Gasteiger partial charge is 0.155 e. The number of hydrogen-bond acceptors (Lipinski definition) is 2. The van der Waals surface area contributed by atoms with Gasteiger partial charge in [-0.25, -0.2) is 0 Å². The predicted molar refractivity (Wildman–Crippen MR) is 54.5 cm³/mol. The molecule has 76 valence electrons. The number of Topliss-reactive ketones (excluding diaryl/α,β-unsaturated/α-hetero) is 1. The molecule has 0 saturated heterocycles. The third-order valence-electron chi connectivity index (χ3n) is 2.34. The first-order chi connectivity index (χ1) is 5.97. The molecule has 0 aliphatic carbocycles. The summed E-state index contributed by atoms with van der Waals surface area (Å²) in [5, 5.41) is 9.54. The van der Waals surface area contributed by atoms with Crippen molar-refractivity contribution >= 4 is 5.78 Å². The Kier molecular flexibility index (Phi) is 5.63. The van der Waals surface area contributed by atoms with Gasteiger partial charge in [-0.3, -0.25) is 4.79 Å². The van der Waals surface area contributed by atoms with E-state index in [1.807, 2.05) is 0 Å². The highest BCUT2D eigenvalue weighted by molar-refractivity contribution is 5.92. The molecule has 0 rings (SSSR count). The summed E-state index contributed by atoms with van der Waals surface area (Å²) in [4.78, 5) is 10.9. The van der Waals surface area contributed by atoms with Crippen LogP contribution in [-0.4, -0.2) is 17.0 Å². The van der Waals surface area contributed by atoms with Gasteiger partial charge in [-0.1, -0.05) is 20.3 Å². The lowest BCUT2D eigenvalue weighted by atomic mass is 9.99. The fraction of sp³-hybridized carbons (Fsp3) is 0.727. The van der Waals surface area contributed by atoms with E-state index < -0.39 is 6.10 Å². The highest BCUT2D eigenvalue weighted by Crippen LogP contribution is 2.11. The van der Waals surface area contributed by atoms with Gasteiger partial charge >= 0.3 is 0 Å². The number of aliphatic hydroxyl groups is 1. The molecule has 0 bridgehead atoms. The summed E-state index contributed by atoms with van der Waals surface area (Å²) in [6.07, 6.45) is 2.97. The Bertz CT molecular complexity index is 194. The molecule has 0 amide bonds. The van der Waals surface area contributed by atoms with E-state index in [-0.39, 0.29) is 5.78 Å². The number of hydrogen-bond donors (Lipinski definition) is 1. The van der Waals surface area contributed by atoms with Crippen LogP contribution in [0, 0.1) is 5.92 Å². The van der Waals surface area contributed by atoms with Crippen LogP contribution in [0.25, 0.3) is 0 Å². The minimum atomic E-state index is -0.473. The number of carbonyl (C=O) groups excluding carboxylic acids is 1. The van der Waals surface area contributed by atoms with E-state index in [1.54, 1.807) is 13.0 Å². The molecule has 13 heavy (non-hydrogen) atoms. The van der Waals surface area contributed by atoms with Crippen molar-refractivity contribution in [3.05, 3.63) is 11.6 Å². The van der Waals surface area contributed by atoms with Crippen molar-refractivity contribution in [2.24, 2.45) is 5.92 Å². The fourth-order valence-corrected chi connectivity index (χ4v) is 1.05. The van der Waals surface area contributed by atoms with Crippen LogP contribution in [0.15, 0.2) is 11.6 Å². The zero-order valence-electron chi connectivity index (χ0n) is 9.00. The molecular formula is C11H20O2. The molecular weight excluding hydrogens is 164 g/mol. The van der Waals surface area contributed by atoms with Gasteiger partial charge in [0.2, 0.25) is 0 Å². The molecule has 0 aliphatic heterocycles. The maximum atomic E-state index is 10.9. The minimum Gasteiger partial charge on any atom is -0.389 e. The lowest BCUT2D eigenvalue weighted by molar-refractivity contribution is -0.113. The maximum Gasteiger partial charge on any atom is 0.155 e. The van der Waals surface area contributed by atoms with Gasteiger partial charge in [-0.05, 0) is 37.8 Å². The van der Waals surface area contributed by atoms with Gasteiger partial charge in [0.25, 0.3) is 0 Å². The molecule has 2 nitrogen and oxygen atoms in total. The zero-order chi connectivity index (χ0) is 10.4. The highest BCUT2D eigenvalue weighted by Gasteiger charge is 2.07. The van der Waals surface area contributed by atoms with E-state index in [4.69, 9.17) is 0 Å². The first-order valence-electron chi connectivity index (χ1n) is 4.84. The van der Waals surface area contributed by atoms with Gasteiger partial charge < -0.3 is 5.11 Å². The SMILES string of the molecule is CCC(C)CC(O)C=C(C)C(C)=O.